The van der Waals surface area contributed by atoms with E-state index in [9.17, 15) is 9.90 Å². The van der Waals surface area contributed by atoms with Crippen molar-refractivity contribution in [3.05, 3.63) is 21.9 Å². The van der Waals surface area contributed by atoms with Crippen molar-refractivity contribution >= 4 is 17.3 Å². The van der Waals surface area contributed by atoms with E-state index in [0.717, 1.165) is 19.3 Å². The summed E-state index contributed by atoms with van der Waals surface area (Å²) in [5.41, 5.74) is 6.56. The predicted octanol–water partition coefficient (Wildman–Crippen LogP) is 2.53. The normalized spacial score (nSPS) is 24.4. The van der Waals surface area contributed by atoms with Crippen LogP contribution in [-0.4, -0.2) is 16.6 Å². The Hall–Kier alpha value is -0.870. The van der Waals surface area contributed by atoms with E-state index < -0.39 is 16.9 Å². The van der Waals surface area contributed by atoms with E-state index in [4.69, 9.17) is 5.73 Å². The van der Waals surface area contributed by atoms with E-state index >= 15 is 0 Å². The minimum Gasteiger partial charge on any atom is -0.481 e. The van der Waals surface area contributed by atoms with Crippen LogP contribution in [0.5, 0.6) is 0 Å². The molecule has 0 saturated heterocycles. The maximum Gasteiger partial charge on any atom is 0.304 e. The molecule has 0 amide bonds. The fourth-order valence-corrected chi connectivity index (χ4v) is 4.01. The first-order valence-electron chi connectivity index (χ1n) is 5.94. The number of carboxylic acid groups (broad SMARTS) is 1. The largest absolute Gasteiger partial charge is 0.481 e. The second-order valence-corrected chi connectivity index (χ2v) is 6.49. The molecule has 0 spiro atoms. The molecule has 0 fully saturated rings. The van der Waals surface area contributed by atoms with Gasteiger partial charge in [-0.15, -0.1) is 11.3 Å². The number of hydrogen-bond acceptors (Lipinski definition) is 3. The third-order valence-corrected chi connectivity index (χ3v) is 4.94. The van der Waals surface area contributed by atoms with E-state index in [1.54, 1.807) is 11.3 Å². The van der Waals surface area contributed by atoms with Crippen LogP contribution in [0.15, 0.2) is 11.4 Å². The van der Waals surface area contributed by atoms with Crippen LogP contribution in [0.3, 0.4) is 0 Å². The van der Waals surface area contributed by atoms with Gasteiger partial charge in [0.1, 0.15) is 0 Å². The number of carbonyl (C=O) groups is 1. The summed E-state index contributed by atoms with van der Waals surface area (Å²) in [6.45, 7) is 3.89. The average molecular weight is 253 g/mol. The number of aryl methyl sites for hydroxylation is 1. The summed E-state index contributed by atoms with van der Waals surface area (Å²) in [6.07, 6.45) is 3.08. The third kappa shape index (κ3) is 2.00. The highest BCUT2D eigenvalue weighted by Gasteiger charge is 2.48. The van der Waals surface area contributed by atoms with Gasteiger partial charge in [0.2, 0.25) is 0 Å². The predicted molar refractivity (Wildman–Crippen MR) is 69.5 cm³/mol. The molecule has 1 unspecified atom stereocenters. The highest BCUT2D eigenvalue weighted by atomic mass is 32.1. The van der Waals surface area contributed by atoms with Gasteiger partial charge in [0.15, 0.2) is 0 Å². The van der Waals surface area contributed by atoms with Crippen LogP contribution in [0.2, 0.25) is 0 Å². The summed E-state index contributed by atoms with van der Waals surface area (Å²) < 4.78 is 0. The SMILES string of the molecule is CC(C)(N)C1(CC(=O)O)CCCc2sccc21. The van der Waals surface area contributed by atoms with Gasteiger partial charge in [-0.2, -0.15) is 0 Å². The van der Waals surface area contributed by atoms with E-state index in [-0.39, 0.29) is 6.42 Å². The molecule has 1 aromatic rings. The smallest absolute Gasteiger partial charge is 0.304 e. The number of aliphatic carboxylic acids is 1. The van der Waals surface area contributed by atoms with Crippen LogP contribution in [0, 0.1) is 0 Å². The number of carboxylic acids is 1. The second kappa shape index (κ2) is 4.10. The number of hydrogen-bond donors (Lipinski definition) is 2. The first kappa shape index (κ1) is 12.6. The molecule has 1 aliphatic carbocycles. The van der Waals surface area contributed by atoms with Crippen molar-refractivity contribution in [3.63, 3.8) is 0 Å². The lowest BCUT2D eigenvalue weighted by molar-refractivity contribution is -0.139. The van der Waals surface area contributed by atoms with E-state index in [2.05, 4.69) is 11.4 Å². The summed E-state index contributed by atoms with van der Waals surface area (Å²) in [7, 11) is 0. The highest BCUT2D eigenvalue weighted by molar-refractivity contribution is 7.10. The second-order valence-electron chi connectivity index (χ2n) is 5.49. The third-order valence-electron chi connectivity index (χ3n) is 3.95. The molecule has 94 valence electrons. The van der Waals surface area contributed by atoms with Crippen molar-refractivity contribution in [1.29, 1.82) is 0 Å². The van der Waals surface area contributed by atoms with Crippen LogP contribution in [-0.2, 0) is 16.6 Å². The zero-order chi connectivity index (χ0) is 12.7. The molecule has 2 rings (SSSR count). The van der Waals surface area contributed by atoms with E-state index in [1.807, 2.05) is 13.8 Å². The van der Waals surface area contributed by atoms with Crippen molar-refractivity contribution in [2.75, 3.05) is 0 Å². The maximum absolute atomic E-state index is 11.2. The molecule has 1 heterocycles. The summed E-state index contributed by atoms with van der Waals surface area (Å²) >= 11 is 1.72. The molecule has 0 saturated carbocycles. The Bertz CT molecular complexity index is 433. The Kier molecular flexibility index (Phi) is 3.04. The van der Waals surface area contributed by atoms with Crippen molar-refractivity contribution < 1.29 is 9.90 Å². The maximum atomic E-state index is 11.2. The van der Waals surface area contributed by atoms with Crippen molar-refractivity contribution in [2.45, 2.75) is 50.5 Å². The van der Waals surface area contributed by atoms with Crippen molar-refractivity contribution in [3.8, 4) is 0 Å². The number of thiophene rings is 1. The molecule has 17 heavy (non-hydrogen) atoms. The minimum absolute atomic E-state index is 0.125. The van der Waals surface area contributed by atoms with Gasteiger partial charge in [0.05, 0.1) is 6.42 Å². The lowest BCUT2D eigenvalue weighted by atomic mass is 9.60. The van der Waals surface area contributed by atoms with Crippen LogP contribution >= 0.6 is 11.3 Å². The molecule has 3 nitrogen and oxygen atoms in total. The molecular weight excluding hydrogens is 234 g/mol. The Morgan fingerprint density at radius 2 is 2.35 bits per heavy atom. The lowest BCUT2D eigenvalue weighted by Crippen LogP contribution is -2.56. The summed E-state index contributed by atoms with van der Waals surface area (Å²) in [6, 6.07) is 2.07. The molecule has 3 N–H and O–H groups in total. The summed E-state index contributed by atoms with van der Waals surface area (Å²) in [5.74, 6) is -0.762. The first-order chi connectivity index (χ1) is 7.87. The van der Waals surface area contributed by atoms with Gasteiger partial charge in [0, 0.05) is 15.8 Å². The molecule has 0 radical (unpaired) electrons. The fourth-order valence-electron chi connectivity index (χ4n) is 2.98. The van der Waals surface area contributed by atoms with Gasteiger partial charge in [-0.3, -0.25) is 4.79 Å². The number of rotatable bonds is 3. The zero-order valence-electron chi connectivity index (χ0n) is 10.3. The summed E-state index contributed by atoms with van der Waals surface area (Å²) in [5, 5.41) is 11.3. The molecule has 0 bridgehead atoms. The fraction of sp³-hybridized carbons (Fsp3) is 0.615. The molecule has 0 aromatic carbocycles. The van der Waals surface area contributed by atoms with Gasteiger partial charge in [-0.1, -0.05) is 0 Å². The van der Waals surface area contributed by atoms with Crippen LogP contribution < -0.4 is 5.73 Å². The van der Waals surface area contributed by atoms with Crippen LogP contribution in [0.4, 0.5) is 0 Å². The van der Waals surface area contributed by atoms with Gasteiger partial charge >= 0.3 is 5.97 Å². The molecule has 1 aliphatic rings. The summed E-state index contributed by atoms with van der Waals surface area (Å²) in [4.78, 5) is 12.5. The van der Waals surface area contributed by atoms with E-state index in [0.29, 0.717) is 0 Å². The van der Waals surface area contributed by atoms with Crippen LogP contribution in [0.1, 0.15) is 43.6 Å². The zero-order valence-corrected chi connectivity index (χ0v) is 11.1. The lowest BCUT2D eigenvalue weighted by Gasteiger charge is -2.46. The monoisotopic (exact) mass is 253 g/mol. The number of fused-ring (bicyclic) bond motifs is 1. The first-order valence-corrected chi connectivity index (χ1v) is 6.82. The standard InChI is InChI=1S/C13H19NO2S/c1-12(2,14)13(8-11(15)16)6-3-4-10-9(13)5-7-17-10/h5,7H,3-4,6,8,14H2,1-2H3,(H,15,16). The van der Waals surface area contributed by atoms with Crippen molar-refractivity contribution in [1.82, 2.24) is 0 Å². The van der Waals surface area contributed by atoms with Crippen molar-refractivity contribution in [2.24, 2.45) is 5.73 Å². The Labute approximate surface area is 106 Å². The van der Waals surface area contributed by atoms with Gasteiger partial charge in [-0.05, 0) is 50.1 Å². The quantitative estimate of drug-likeness (QED) is 0.870. The van der Waals surface area contributed by atoms with Gasteiger partial charge in [-0.25, -0.2) is 0 Å². The van der Waals surface area contributed by atoms with Crippen LogP contribution in [0.25, 0.3) is 0 Å². The molecular formula is C13H19NO2S. The molecule has 1 atom stereocenters. The molecule has 1 aromatic heterocycles. The van der Waals surface area contributed by atoms with E-state index in [1.165, 1.54) is 10.4 Å². The molecule has 4 heteroatoms. The molecule has 0 aliphatic heterocycles. The van der Waals surface area contributed by atoms with Gasteiger partial charge in [0.25, 0.3) is 0 Å². The van der Waals surface area contributed by atoms with Gasteiger partial charge < -0.3 is 10.8 Å². The number of nitrogens with two attached hydrogens (primary N) is 1. The average Bonchev–Trinajstić information content (AvgIpc) is 2.63. The highest BCUT2D eigenvalue weighted by Crippen LogP contribution is 2.47. The Morgan fingerprint density at radius 3 is 2.94 bits per heavy atom. The minimum atomic E-state index is -0.762. The Balaban J connectivity index is 2.53. The Morgan fingerprint density at radius 1 is 1.65 bits per heavy atom. The topological polar surface area (TPSA) is 63.3 Å².